The van der Waals surface area contributed by atoms with Crippen molar-refractivity contribution in [1.82, 2.24) is 5.32 Å². The van der Waals surface area contributed by atoms with Gasteiger partial charge in [0.15, 0.2) is 0 Å². The molecule has 2 aliphatic heterocycles. The third-order valence-corrected chi connectivity index (χ3v) is 5.11. The first-order valence-corrected chi connectivity index (χ1v) is 8.80. The number of methoxy groups -OCH3 is 1. The fraction of sp³-hybridized carbons (Fsp3) is 0.611. The van der Waals surface area contributed by atoms with Crippen LogP contribution in [0.2, 0.25) is 0 Å². The molecule has 0 bridgehead atoms. The van der Waals surface area contributed by atoms with E-state index in [1.807, 2.05) is 0 Å². The van der Waals surface area contributed by atoms with Gasteiger partial charge in [-0.05, 0) is 43.4 Å². The predicted octanol–water partition coefficient (Wildman–Crippen LogP) is 3.05. The van der Waals surface area contributed by atoms with Crippen molar-refractivity contribution < 1.29 is 27.4 Å². The summed E-state index contributed by atoms with van der Waals surface area (Å²) in [7, 11) is 1.37. The highest BCUT2D eigenvalue weighted by atomic mass is 19.4. The number of hydrogen-bond donors (Lipinski definition) is 1. The van der Waals surface area contributed by atoms with Crippen molar-refractivity contribution in [2.45, 2.75) is 31.5 Å². The number of carbonyl (C=O) groups is 1. The van der Waals surface area contributed by atoms with E-state index in [1.165, 1.54) is 19.2 Å². The second kappa shape index (κ2) is 7.73. The Morgan fingerprint density at radius 3 is 2.54 bits per heavy atom. The van der Waals surface area contributed by atoms with Crippen LogP contribution < -0.4 is 15.0 Å². The molecule has 0 amide bonds. The van der Waals surface area contributed by atoms with E-state index < -0.39 is 6.36 Å². The largest absolute Gasteiger partial charge is 0.573 e. The van der Waals surface area contributed by atoms with Crippen LogP contribution >= 0.6 is 0 Å². The summed E-state index contributed by atoms with van der Waals surface area (Å²) in [5, 5.41) is 3.29. The van der Waals surface area contributed by atoms with Crippen molar-refractivity contribution in [2.75, 3.05) is 38.2 Å². The molecule has 0 radical (unpaired) electrons. The van der Waals surface area contributed by atoms with E-state index in [4.69, 9.17) is 4.74 Å². The van der Waals surface area contributed by atoms with Gasteiger partial charge >= 0.3 is 12.3 Å². The fourth-order valence-corrected chi connectivity index (χ4v) is 3.78. The molecule has 144 valence electrons. The second-order valence-corrected chi connectivity index (χ2v) is 6.74. The van der Waals surface area contributed by atoms with Crippen molar-refractivity contribution in [1.29, 1.82) is 0 Å². The number of halogens is 3. The fourth-order valence-electron chi connectivity index (χ4n) is 3.78. The molecule has 0 aliphatic carbocycles. The van der Waals surface area contributed by atoms with Gasteiger partial charge in [0.05, 0.1) is 13.0 Å². The molecule has 0 aromatic heterocycles. The number of nitrogens with zero attached hydrogens (tertiary/aromatic N) is 1. The average molecular weight is 372 g/mol. The molecule has 1 atom stereocenters. The number of nitrogens with one attached hydrogen (secondary N) is 1. The molecule has 2 saturated heterocycles. The van der Waals surface area contributed by atoms with Crippen LogP contribution in [-0.4, -0.2) is 45.6 Å². The maximum Gasteiger partial charge on any atom is 0.573 e. The minimum atomic E-state index is -4.72. The number of piperidine rings is 1. The van der Waals surface area contributed by atoms with Gasteiger partial charge in [0.2, 0.25) is 0 Å². The maximum atomic E-state index is 12.6. The molecule has 1 unspecified atom stereocenters. The zero-order chi connectivity index (χ0) is 18.7. The van der Waals surface area contributed by atoms with E-state index in [0.29, 0.717) is 25.9 Å². The van der Waals surface area contributed by atoms with Crippen LogP contribution in [0.25, 0.3) is 0 Å². The molecular weight excluding hydrogens is 349 g/mol. The molecule has 1 aromatic carbocycles. The summed E-state index contributed by atoms with van der Waals surface area (Å²) in [4.78, 5) is 13.8. The number of anilines is 1. The Kier molecular flexibility index (Phi) is 5.60. The normalized spacial score (nSPS) is 21.7. The second-order valence-electron chi connectivity index (χ2n) is 6.74. The van der Waals surface area contributed by atoms with E-state index in [2.05, 4.69) is 15.0 Å². The van der Waals surface area contributed by atoms with Gasteiger partial charge in [0.1, 0.15) is 5.75 Å². The topological polar surface area (TPSA) is 50.8 Å². The molecule has 8 heteroatoms. The zero-order valence-electron chi connectivity index (χ0n) is 14.6. The number of rotatable bonds is 4. The van der Waals surface area contributed by atoms with E-state index in [0.717, 1.165) is 30.8 Å². The van der Waals surface area contributed by atoms with E-state index in [1.54, 1.807) is 6.07 Å². The Morgan fingerprint density at radius 2 is 1.96 bits per heavy atom. The minimum Gasteiger partial charge on any atom is -0.469 e. The van der Waals surface area contributed by atoms with Gasteiger partial charge in [0, 0.05) is 31.4 Å². The zero-order valence-corrected chi connectivity index (χ0v) is 14.6. The molecule has 2 aliphatic rings. The predicted molar refractivity (Wildman–Crippen MR) is 90.3 cm³/mol. The smallest absolute Gasteiger partial charge is 0.469 e. The Morgan fingerprint density at radius 1 is 1.23 bits per heavy atom. The molecule has 1 aromatic rings. The van der Waals surface area contributed by atoms with Crippen molar-refractivity contribution in [2.24, 2.45) is 5.92 Å². The van der Waals surface area contributed by atoms with Crippen LogP contribution in [0.3, 0.4) is 0 Å². The van der Waals surface area contributed by atoms with Gasteiger partial charge < -0.3 is 19.7 Å². The van der Waals surface area contributed by atoms with Gasteiger partial charge in [-0.2, -0.15) is 0 Å². The highest BCUT2D eigenvalue weighted by molar-refractivity contribution is 5.73. The highest BCUT2D eigenvalue weighted by Crippen LogP contribution is 2.37. The van der Waals surface area contributed by atoms with E-state index in [9.17, 15) is 18.0 Å². The number of benzene rings is 1. The third-order valence-electron chi connectivity index (χ3n) is 5.11. The SMILES string of the molecule is COC(=O)C1CCN(c2cc(OC(F)(F)F)ccc2C2CCNC2)CC1. The monoisotopic (exact) mass is 372 g/mol. The molecule has 2 fully saturated rings. The average Bonchev–Trinajstić information content (AvgIpc) is 3.14. The Balaban J connectivity index is 1.82. The van der Waals surface area contributed by atoms with Crippen molar-refractivity contribution in [3.63, 3.8) is 0 Å². The van der Waals surface area contributed by atoms with Gasteiger partial charge in [0.25, 0.3) is 0 Å². The lowest BCUT2D eigenvalue weighted by Crippen LogP contribution is -2.37. The Bertz CT molecular complexity index is 637. The van der Waals surface area contributed by atoms with Crippen molar-refractivity contribution in [3.8, 4) is 5.75 Å². The minimum absolute atomic E-state index is 0.151. The van der Waals surface area contributed by atoms with Gasteiger partial charge in [-0.25, -0.2) is 0 Å². The molecule has 2 heterocycles. The van der Waals surface area contributed by atoms with E-state index in [-0.39, 0.29) is 23.6 Å². The van der Waals surface area contributed by atoms with Crippen LogP contribution in [0.1, 0.15) is 30.7 Å². The van der Waals surface area contributed by atoms with Crippen LogP contribution in [0.5, 0.6) is 5.75 Å². The maximum absolute atomic E-state index is 12.6. The lowest BCUT2D eigenvalue weighted by atomic mass is 9.92. The summed E-state index contributed by atoms with van der Waals surface area (Å²) >= 11 is 0. The molecule has 26 heavy (non-hydrogen) atoms. The molecule has 1 N–H and O–H groups in total. The Labute approximate surface area is 150 Å². The van der Waals surface area contributed by atoms with Crippen LogP contribution in [0.4, 0.5) is 18.9 Å². The summed E-state index contributed by atoms with van der Waals surface area (Å²) in [5.41, 5.74) is 1.80. The van der Waals surface area contributed by atoms with Gasteiger partial charge in [-0.1, -0.05) is 6.07 Å². The molecule has 0 saturated carbocycles. The third kappa shape index (κ3) is 4.41. The first-order valence-electron chi connectivity index (χ1n) is 8.80. The number of hydrogen-bond acceptors (Lipinski definition) is 5. The number of esters is 1. The summed E-state index contributed by atoms with van der Waals surface area (Å²) in [6, 6.07) is 4.59. The molecule has 0 spiro atoms. The van der Waals surface area contributed by atoms with Crippen LogP contribution in [0.15, 0.2) is 18.2 Å². The number of carbonyl (C=O) groups excluding carboxylic acids is 1. The lowest BCUT2D eigenvalue weighted by molar-refractivity contribution is -0.274. The Hall–Kier alpha value is -1.96. The summed E-state index contributed by atoms with van der Waals surface area (Å²) in [6.07, 6.45) is -2.52. The highest BCUT2D eigenvalue weighted by Gasteiger charge is 2.33. The number of ether oxygens (including phenoxy) is 2. The lowest BCUT2D eigenvalue weighted by Gasteiger charge is -2.34. The standard InChI is InChI=1S/C18H23F3N2O3/c1-25-17(24)12-5-8-23(9-6-12)16-10-14(26-18(19,20)21)2-3-15(16)13-4-7-22-11-13/h2-3,10,12-13,22H,4-9,11H2,1H3. The molecule has 3 rings (SSSR count). The molecule has 5 nitrogen and oxygen atoms in total. The first-order chi connectivity index (χ1) is 12.4. The first kappa shape index (κ1) is 18.8. The van der Waals surface area contributed by atoms with Crippen molar-refractivity contribution >= 4 is 11.7 Å². The van der Waals surface area contributed by atoms with Crippen molar-refractivity contribution in [3.05, 3.63) is 23.8 Å². The van der Waals surface area contributed by atoms with Gasteiger partial charge in [-0.15, -0.1) is 13.2 Å². The van der Waals surface area contributed by atoms with Crippen LogP contribution in [0, 0.1) is 5.92 Å². The number of alkyl halides is 3. The van der Waals surface area contributed by atoms with Crippen LogP contribution in [-0.2, 0) is 9.53 Å². The molecular formula is C18H23F3N2O3. The van der Waals surface area contributed by atoms with Gasteiger partial charge in [-0.3, -0.25) is 4.79 Å². The summed E-state index contributed by atoms with van der Waals surface area (Å²) in [6.45, 7) is 2.91. The summed E-state index contributed by atoms with van der Waals surface area (Å²) < 4.78 is 46.7. The quantitative estimate of drug-likeness (QED) is 0.824. The van der Waals surface area contributed by atoms with E-state index >= 15 is 0 Å². The summed E-state index contributed by atoms with van der Waals surface area (Å²) in [5.74, 6) is -0.318.